The number of amides is 1. The van der Waals surface area contributed by atoms with E-state index in [9.17, 15) is 4.79 Å². The number of carbonyl (C=O) groups is 1. The highest BCUT2D eigenvalue weighted by molar-refractivity contribution is 6.32. The summed E-state index contributed by atoms with van der Waals surface area (Å²) < 4.78 is 5.14. The molecule has 122 valence electrons. The first-order valence-electron chi connectivity index (χ1n) is 7.39. The van der Waals surface area contributed by atoms with Crippen molar-refractivity contribution in [3.8, 4) is 5.75 Å². The minimum Gasteiger partial charge on any atom is -0.495 e. The lowest BCUT2D eigenvalue weighted by Crippen LogP contribution is -2.46. The molecule has 1 aromatic rings. The van der Waals surface area contributed by atoms with Crippen molar-refractivity contribution in [1.29, 1.82) is 0 Å². The predicted molar refractivity (Wildman–Crippen MR) is 91.0 cm³/mol. The van der Waals surface area contributed by atoms with Crippen LogP contribution in [0.25, 0.3) is 0 Å². The molecule has 0 radical (unpaired) electrons. The Hall–Kier alpha value is -0.970. The van der Waals surface area contributed by atoms with Crippen molar-refractivity contribution in [1.82, 2.24) is 0 Å². The Morgan fingerprint density at radius 2 is 2.05 bits per heavy atom. The molecule has 1 aromatic carbocycles. The first-order valence-corrected chi connectivity index (χ1v) is 7.77. The fourth-order valence-electron chi connectivity index (χ4n) is 3.92. The van der Waals surface area contributed by atoms with Gasteiger partial charge in [-0.05, 0) is 49.3 Å². The van der Waals surface area contributed by atoms with E-state index < -0.39 is 0 Å². The molecule has 2 aliphatic carbocycles. The number of benzene rings is 1. The van der Waals surface area contributed by atoms with E-state index in [1.54, 1.807) is 31.2 Å². The number of hydrogen-bond acceptors (Lipinski definition) is 3. The Morgan fingerprint density at radius 3 is 2.59 bits per heavy atom. The summed E-state index contributed by atoms with van der Waals surface area (Å²) in [7, 11) is 3.36. The zero-order chi connectivity index (χ0) is 15.1. The zero-order valence-electron chi connectivity index (χ0n) is 12.8. The maximum atomic E-state index is 12.8. The van der Waals surface area contributed by atoms with E-state index in [4.69, 9.17) is 22.1 Å². The third-order valence-electron chi connectivity index (χ3n) is 5.12. The summed E-state index contributed by atoms with van der Waals surface area (Å²) in [5, 5.41) is 0.506. The number of rotatable bonds is 3. The zero-order valence-corrected chi connectivity index (χ0v) is 14.4. The molecule has 0 heterocycles. The van der Waals surface area contributed by atoms with Crippen LogP contribution in [0.3, 0.4) is 0 Å². The number of nitrogens with two attached hydrogens (primary N) is 1. The van der Waals surface area contributed by atoms with Crippen molar-refractivity contribution in [3.63, 3.8) is 0 Å². The summed E-state index contributed by atoms with van der Waals surface area (Å²) in [4.78, 5) is 14.5. The van der Waals surface area contributed by atoms with Crippen LogP contribution in [0.2, 0.25) is 5.02 Å². The van der Waals surface area contributed by atoms with Gasteiger partial charge in [-0.15, -0.1) is 12.4 Å². The van der Waals surface area contributed by atoms with Gasteiger partial charge in [0.2, 0.25) is 5.91 Å². The van der Waals surface area contributed by atoms with Gasteiger partial charge in [-0.3, -0.25) is 4.79 Å². The van der Waals surface area contributed by atoms with Gasteiger partial charge in [-0.25, -0.2) is 0 Å². The van der Waals surface area contributed by atoms with E-state index in [0.29, 0.717) is 22.6 Å². The molecule has 6 heteroatoms. The van der Waals surface area contributed by atoms with Crippen molar-refractivity contribution in [2.45, 2.75) is 25.3 Å². The Labute approximate surface area is 142 Å². The number of methoxy groups -OCH3 is 1. The molecule has 3 rings (SSSR count). The molecule has 4 unspecified atom stereocenters. The SMILES string of the molecule is COc1ccc(N(C)C(=O)C2C3CCC(C3)C2N)cc1Cl.Cl. The van der Waals surface area contributed by atoms with Crippen LogP contribution in [0.5, 0.6) is 5.75 Å². The van der Waals surface area contributed by atoms with Crippen LogP contribution < -0.4 is 15.4 Å². The van der Waals surface area contributed by atoms with Crippen LogP contribution in [0.15, 0.2) is 18.2 Å². The standard InChI is InChI=1S/C16H21ClN2O2.ClH/c1-19(11-5-6-13(21-2)12(17)8-11)16(20)14-9-3-4-10(7-9)15(14)18;/h5-6,8-10,14-15H,3-4,7,18H2,1-2H3;1H. The molecule has 2 saturated carbocycles. The molecule has 2 aliphatic rings. The van der Waals surface area contributed by atoms with Crippen molar-refractivity contribution in [2.75, 3.05) is 19.1 Å². The smallest absolute Gasteiger partial charge is 0.231 e. The van der Waals surface area contributed by atoms with Crippen molar-refractivity contribution in [3.05, 3.63) is 23.2 Å². The minimum absolute atomic E-state index is 0. The van der Waals surface area contributed by atoms with Gasteiger partial charge in [0, 0.05) is 18.8 Å². The molecule has 0 aromatic heterocycles. The molecule has 4 nitrogen and oxygen atoms in total. The average Bonchev–Trinajstić information content (AvgIpc) is 3.06. The van der Waals surface area contributed by atoms with Crippen molar-refractivity contribution < 1.29 is 9.53 Å². The lowest BCUT2D eigenvalue weighted by molar-refractivity contribution is -0.124. The number of fused-ring (bicyclic) bond motifs is 2. The number of ether oxygens (including phenoxy) is 1. The van der Waals surface area contributed by atoms with Gasteiger partial charge >= 0.3 is 0 Å². The fourth-order valence-corrected chi connectivity index (χ4v) is 4.17. The van der Waals surface area contributed by atoms with Gasteiger partial charge in [0.15, 0.2) is 0 Å². The Balaban J connectivity index is 0.00000176. The van der Waals surface area contributed by atoms with E-state index in [1.165, 1.54) is 6.42 Å². The molecule has 0 aliphatic heterocycles. The number of anilines is 1. The Kier molecular flexibility index (Phi) is 5.25. The van der Waals surface area contributed by atoms with Crippen LogP contribution >= 0.6 is 24.0 Å². The van der Waals surface area contributed by atoms with E-state index in [1.807, 2.05) is 6.07 Å². The average molecular weight is 345 g/mol. The molecule has 1 amide bonds. The van der Waals surface area contributed by atoms with Crippen LogP contribution in [0.1, 0.15) is 19.3 Å². The van der Waals surface area contributed by atoms with Crippen molar-refractivity contribution >= 4 is 35.6 Å². The third kappa shape index (κ3) is 2.80. The number of halogens is 2. The molecule has 2 fully saturated rings. The lowest BCUT2D eigenvalue weighted by Gasteiger charge is -2.31. The Morgan fingerprint density at radius 1 is 1.36 bits per heavy atom. The largest absolute Gasteiger partial charge is 0.495 e. The Bertz CT molecular complexity index is 565. The monoisotopic (exact) mass is 344 g/mol. The normalized spacial score (nSPS) is 29.1. The molecule has 0 saturated heterocycles. The van der Waals surface area contributed by atoms with Crippen LogP contribution in [-0.4, -0.2) is 26.1 Å². The third-order valence-corrected chi connectivity index (χ3v) is 5.41. The minimum atomic E-state index is -0.0466. The van der Waals surface area contributed by atoms with Gasteiger partial charge < -0.3 is 15.4 Å². The fraction of sp³-hybridized carbons (Fsp3) is 0.562. The molecule has 0 spiro atoms. The van der Waals surface area contributed by atoms with E-state index in [-0.39, 0.29) is 30.3 Å². The number of carbonyl (C=O) groups excluding carboxylic acids is 1. The molecular formula is C16H22Cl2N2O2. The van der Waals surface area contributed by atoms with Gasteiger partial charge in [0.1, 0.15) is 5.75 Å². The van der Waals surface area contributed by atoms with Gasteiger partial charge in [-0.2, -0.15) is 0 Å². The van der Waals surface area contributed by atoms with Crippen LogP contribution in [-0.2, 0) is 4.79 Å². The highest BCUT2D eigenvalue weighted by Crippen LogP contribution is 2.48. The molecular weight excluding hydrogens is 323 g/mol. The second kappa shape index (κ2) is 6.65. The molecule has 2 N–H and O–H groups in total. The summed E-state index contributed by atoms with van der Waals surface area (Å²) in [6, 6.07) is 5.40. The van der Waals surface area contributed by atoms with Gasteiger partial charge in [0.25, 0.3) is 0 Å². The topological polar surface area (TPSA) is 55.6 Å². The summed E-state index contributed by atoms with van der Waals surface area (Å²) >= 11 is 6.14. The summed E-state index contributed by atoms with van der Waals surface area (Å²) in [5.41, 5.74) is 7.04. The highest BCUT2D eigenvalue weighted by atomic mass is 35.5. The van der Waals surface area contributed by atoms with E-state index >= 15 is 0 Å². The quantitative estimate of drug-likeness (QED) is 0.916. The van der Waals surface area contributed by atoms with E-state index in [2.05, 4.69) is 0 Å². The molecule has 2 bridgehead atoms. The van der Waals surface area contributed by atoms with Crippen molar-refractivity contribution in [2.24, 2.45) is 23.5 Å². The maximum Gasteiger partial charge on any atom is 0.231 e. The summed E-state index contributed by atoms with van der Waals surface area (Å²) in [6.07, 6.45) is 3.41. The summed E-state index contributed by atoms with van der Waals surface area (Å²) in [5.74, 6) is 1.65. The second-order valence-corrected chi connectivity index (χ2v) is 6.56. The van der Waals surface area contributed by atoms with Crippen LogP contribution in [0, 0.1) is 17.8 Å². The van der Waals surface area contributed by atoms with Crippen LogP contribution in [0.4, 0.5) is 5.69 Å². The molecule has 22 heavy (non-hydrogen) atoms. The first-order chi connectivity index (χ1) is 10.0. The van der Waals surface area contributed by atoms with Gasteiger partial charge in [-0.1, -0.05) is 11.6 Å². The van der Waals surface area contributed by atoms with Gasteiger partial charge in [0.05, 0.1) is 18.1 Å². The maximum absolute atomic E-state index is 12.8. The predicted octanol–water partition coefficient (Wildman–Crippen LogP) is 3.11. The number of nitrogens with zero attached hydrogens (tertiary/aromatic N) is 1. The highest BCUT2D eigenvalue weighted by Gasteiger charge is 2.49. The second-order valence-electron chi connectivity index (χ2n) is 6.15. The van der Waals surface area contributed by atoms with E-state index in [0.717, 1.165) is 18.5 Å². The lowest BCUT2D eigenvalue weighted by atomic mass is 9.84. The summed E-state index contributed by atoms with van der Waals surface area (Å²) in [6.45, 7) is 0. The number of hydrogen-bond donors (Lipinski definition) is 1. The molecule has 4 atom stereocenters. The first kappa shape index (κ1) is 17.4.